The van der Waals surface area contributed by atoms with Crippen LogP contribution in [0, 0.1) is 0 Å². The van der Waals surface area contributed by atoms with Crippen LogP contribution in [0.1, 0.15) is 35.0 Å². The fourth-order valence-corrected chi connectivity index (χ4v) is 4.59. The third-order valence-corrected chi connectivity index (χ3v) is 6.34. The van der Waals surface area contributed by atoms with Crippen molar-refractivity contribution >= 4 is 23.3 Å². The molecule has 3 rings (SSSR count). The van der Waals surface area contributed by atoms with Crippen LogP contribution in [0.25, 0.3) is 0 Å². The lowest BCUT2D eigenvalue weighted by atomic mass is 9.77. The van der Waals surface area contributed by atoms with Gasteiger partial charge in [0.1, 0.15) is 5.75 Å². The Hall–Kier alpha value is -2.80. The van der Waals surface area contributed by atoms with Crippen LogP contribution in [0.15, 0.2) is 54.1 Å². The summed E-state index contributed by atoms with van der Waals surface area (Å²) < 4.78 is 10.4. The van der Waals surface area contributed by atoms with Gasteiger partial charge in [0, 0.05) is 29.9 Å². The van der Waals surface area contributed by atoms with Crippen molar-refractivity contribution in [1.82, 2.24) is 10.2 Å². The minimum atomic E-state index is -0.365. The van der Waals surface area contributed by atoms with Gasteiger partial charge in [0.15, 0.2) is 0 Å². The van der Waals surface area contributed by atoms with Gasteiger partial charge in [-0.15, -0.1) is 11.3 Å². The van der Waals surface area contributed by atoms with E-state index in [0.29, 0.717) is 36.7 Å². The fourth-order valence-electron chi connectivity index (χ4n) is 3.60. The maximum Gasteiger partial charge on any atom is 0.414 e. The minimum absolute atomic E-state index is 0.164. The number of allylic oxidation sites excluding steroid dienone is 1. The Kier molecular flexibility index (Phi) is 6.59. The molecule has 0 bridgehead atoms. The van der Waals surface area contributed by atoms with Gasteiger partial charge in [0.2, 0.25) is 0 Å². The lowest BCUT2D eigenvalue weighted by Crippen LogP contribution is -2.50. The van der Waals surface area contributed by atoms with E-state index in [1.54, 1.807) is 42.4 Å². The third kappa shape index (κ3) is 4.79. The van der Waals surface area contributed by atoms with Crippen molar-refractivity contribution in [2.75, 3.05) is 26.7 Å². The summed E-state index contributed by atoms with van der Waals surface area (Å²) >= 11 is 1.68. The highest BCUT2D eigenvalue weighted by Crippen LogP contribution is 2.38. The normalized spacial score (nSPS) is 15.4. The first-order valence-corrected chi connectivity index (χ1v) is 10.4. The van der Waals surface area contributed by atoms with Crippen LogP contribution in [-0.4, -0.2) is 43.6 Å². The Balaban J connectivity index is 1.72. The summed E-state index contributed by atoms with van der Waals surface area (Å²) in [4.78, 5) is 27.9. The molecular formula is C22H26N2O4S. The van der Waals surface area contributed by atoms with Gasteiger partial charge in [-0.05, 0) is 43.3 Å². The quantitative estimate of drug-likeness (QED) is 0.720. The molecule has 1 saturated heterocycles. The number of ether oxygens (including phenoxy) is 2. The Labute approximate surface area is 175 Å². The van der Waals surface area contributed by atoms with Gasteiger partial charge in [-0.1, -0.05) is 24.8 Å². The van der Waals surface area contributed by atoms with Gasteiger partial charge in [-0.3, -0.25) is 4.79 Å². The molecule has 1 N–H and O–H groups in total. The van der Waals surface area contributed by atoms with E-state index in [1.807, 2.05) is 23.6 Å². The number of nitrogens with zero attached hydrogens (tertiary/aromatic N) is 1. The molecule has 0 aliphatic carbocycles. The standard InChI is InChI=1S/C22H26N2O4S/c1-16(2)28-21(26)24-12-10-22(11-13-24,19-9-6-14-29-19)15-23-20(25)17-7-4-5-8-18(17)27-3/h4-9,14H,1,10-13,15H2,2-3H3,(H,23,25). The molecule has 2 amide bonds. The molecule has 7 heteroatoms. The van der Waals surface area contributed by atoms with E-state index in [4.69, 9.17) is 9.47 Å². The van der Waals surface area contributed by atoms with Crippen molar-refractivity contribution in [3.05, 3.63) is 64.6 Å². The van der Waals surface area contributed by atoms with Crippen LogP contribution in [0.3, 0.4) is 0 Å². The number of methoxy groups -OCH3 is 1. The van der Waals surface area contributed by atoms with E-state index in [2.05, 4.69) is 18.0 Å². The second-order valence-corrected chi connectivity index (χ2v) is 8.15. The molecule has 0 atom stereocenters. The molecule has 1 aliphatic heterocycles. The van der Waals surface area contributed by atoms with Gasteiger partial charge in [0.25, 0.3) is 5.91 Å². The number of thiophene rings is 1. The number of hydrogen-bond donors (Lipinski definition) is 1. The van der Waals surface area contributed by atoms with Crippen molar-refractivity contribution in [3.8, 4) is 5.75 Å². The Morgan fingerprint density at radius 1 is 1.21 bits per heavy atom. The number of nitrogens with one attached hydrogen (secondary N) is 1. The minimum Gasteiger partial charge on any atom is -0.496 e. The SMILES string of the molecule is C=C(C)OC(=O)N1CCC(CNC(=O)c2ccccc2OC)(c2cccs2)CC1. The number of carbonyl (C=O) groups is 2. The summed E-state index contributed by atoms with van der Waals surface area (Å²) in [6.07, 6.45) is 1.12. The molecule has 1 fully saturated rings. The summed E-state index contributed by atoms with van der Waals surface area (Å²) in [5, 5.41) is 5.13. The molecule has 2 aromatic rings. The first kappa shape index (κ1) is 20.9. The molecule has 1 aliphatic rings. The first-order chi connectivity index (χ1) is 13.9. The monoisotopic (exact) mass is 414 g/mol. The van der Waals surface area contributed by atoms with E-state index >= 15 is 0 Å². The molecule has 0 unspecified atom stereocenters. The van der Waals surface area contributed by atoms with E-state index in [-0.39, 0.29) is 17.4 Å². The lowest BCUT2D eigenvalue weighted by molar-refractivity contribution is 0.0890. The van der Waals surface area contributed by atoms with Gasteiger partial charge >= 0.3 is 6.09 Å². The van der Waals surface area contributed by atoms with Gasteiger partial charge in [-0.2, -0.15) is 0 Å². The summed E-state index contributed by atoms with van der Waals surface area (Å²) in [6.45, 7) is 6.90. The molecule has 29 heavy (non-hydrogen) atoms. The number of carbonyl (C=O) groups excluding carboxylic acids is 2. The van der Waals surface area contributed by atoms with Gasteiger partial charge < -0.3 is 19.7 Å². The number of rotatable bonds is 6. The fraction of sp³-hybridized carbons (Fsp3) is 0.364. The Bertz CT molecular complexity index is 871. The van der Waals surface area contributed by atoms with Crippen molar-refractivity contribution < 1.29 is 19.1 Å². The van der Waals surface area contributed by atoms with Crippen molar-refractivity contribution in [2.45, 2.75) is 25.2 Å². The van der Waals surface area contributed by atoms with Crippen molar-refractivity contribution in [3.63, 3.8) is 0 Å². The van der Waals surface area contributed by atoms with Crippen LogP contribution >= 0.6 is 11.3 Å². The summed E-state index contributed by atoms with van der Waals surface area (Å²) in [6, 6.07) is 11.3. The lowest BCUT2D eigenvalue weighted by Gasteiger charge is -2.41. The molecule has 6 nitrogen and oxygen atoms in total. The smallest absolute Gasteiger partial charge is 0.414 e. The maximum atomic E-state index is 12.8. The summed E-state index contributed by atoms with van der Waals surface area (Å²) in [7, 11) is 1.55. The predicted molar refractivity (Wildman–Crippen MR) is 113 cm³/mol. The number of benzene rings is 1. The van der Waals surface area contributed by atoms with Crippen LogP contribution < -0.4 is 10.1 Å². The van der Waals surface area contributed by atoms with Crippen LogP contribution in [-0.2, 0) is 10.2 Å². The highest BCUT2D eigenvalue weighted by atomic mass is 32.1. The van der Waals surface area contributed by atoms with Crippen molar-refractivity contribution in [2.24, 2.45) is 0 Å². The highest BCUT2D eigenvalue weighted by molar-refractivity contribution is 7.10. The van der Waals surface area contributed by atoms with E-state index in [9.17, 15) is 9.59 Å². The molecular weight excluding hydrogens is 388 g/mol. The zero-order valence-corrected chi connectivity index (χ0v) is 17.6. The van der Waals surface area contributed by atoms with Crippen LogP contribution in [0.2, 0.25) is 0 Å². The number of amides is 2. The molecule has 0 spiro atoms. The zero-order valence-electron chi connectivity index (χ0n) is 16.8. The van der Waals surface area contributed by atoms with Gasteiger partial charge in [0.05, 0.1) is 18.4 Å². The second kappa shape index (κ2) is 9.13. The van der Waals surface area contributed by atoms with Crippen LogP contribution in [0.4, 0.5) is 4.79 Å². The second-order valence-electron chi connectivity index (χ2n) is 7.20. The molecule has 0 saturated carbocycles. The number of piperidine rings is 1. The molecule has 1 aromatic heterocycles. The first-order valence-electron chi connectivity index (χ1n) is 9.53. The Morgan fingerprint density at radius 2 is 1.93 bits per heavy atom. The maximum absolute atomic E-state index is 12.8. The molecule has 0 radical (unpaired) electrons. The van der Waals surface area contributed by atoms with E-state index in [1.165, 1.54) is 4.88 Å². The number of likely N-dealkylation sites (tertiary alicyclic amines) is 1. The average molecular weight is 415 g/mol. The molecule has 154 valence electrons. The van der Waals surface area contributed by atoms with Gasteiger partial charge in [-0.25, -0.2) is 4.79 Å². The summed E-state index contributed by atoms with van der Waals surface area (Å²) in [5.74, 6) is 0.768. The largest absolute Gasteiger partial charge is 0.496 e. The third-order valence-electron chi connectivity index (χ3n) is 5.22. The molecule has 2 heterocycles. The number of hydrogen-bond acceptors (Lipinski definition) is 5. The average Bonchev–Trinajstić information content (AvgIpc) is 3.27. The summed E-state index contributed by atoms with van der Waals surface area (Å²) in [5.41, 5.74) is 0.296. The predicted octanol–water partition coefficient (Wildman–Crippen LogP) is 4.19. The van der Waals surface area contributed by atoms with Crippen molar-refractivity contribution in [1.29, 1.82) is 0 Å². The highest BCUT2D eigenvalue weighted by Gasteiger charge is 2.39. The molecule has 1 aromatic carbocycles. The topological polar surface area (TPSA) is 67.9 Å². The van der Waals surface area contributed by atoms with E-state index in [0.717, 1.165) is 12.8 Å². The Morgan fingerprint density at radius 3 is 2.55 bits per heavy atom. The van der Waals surface area contributed by atoms with Crippen LogP contribution in [0.5, 0.6) is 5.75 Å². The zero-order chi connectivity index (χ0) is 20.9. The number of para-hydroxylation sites is 1. The van der Waals surface area contributed by atoms with E-state index < -0.39 is 0 Å².